The van der Waals surface area contributed by atoms with E-state index in [2.05, 4.69) is 29.0 Å². The fourth-order valence-electron chi connectivity index (χ4n) is 2.12. The first kappa shape index (κ1) is 16.0. The maximum absolute atomic E-state index is 6.05. The molecule has 2 rings (SSSR count). The van der Waals surface area contributed by atoms with Gasteiger partial charge in [0.25, 0.3) is 0 Å². The zero-order valence-electron chi connectivity index (χ0n) is 12.8. The lowest BCUT2D eigenvalue weighted by Crippen LogP contribution is -2.16. The Hall–Kier alpha value is -1.36. The second-order valence-corrected chi connectivity index (χ2v) is 5.85. The van der Waals surface area contributed by atoms with E-state index >= 15 is 0 Å². The van der Waals surface area contributed by atoms with Crippen LogP contribution in [0.15, 0.2) is 30.5 Å². The van der Waals surface area contributed by atoms with Gasteiger partial charge in [0, 0.05) is 23.5 Å². The van der Waals surface area contributed by atoms with E-state index in [4.69, 9.17) is 16.3 Å². The highest BCUT2D eigenvalue weighted by Gasteiger charge is 2.17. The van der Waals surface area contributed by atoms with Crippen LogP contribution in [0.1, 0.15) is 29.6 Å². The van der Waals surface area contributed by atoms with Gasteiger partial charge in [-0.3, -0.25) is 0 Å². The van der Waals surface area contributed by atoms with Crippen LogP contribution in [0, 0.1) is 6.92 Å². The van der Waals surface area contributed by atoms with Gasteiger partial charge in [0.1, 0.15) is 11.9 Å². The Morgan fingerprint density at radius 2 is 2.00 bits per heavy atom. The third-order valence-corrected chi connectivity index (χ3v) is 3.43. The van der Waals surface area contributed by atoms with E-state index in [0.29, 0.717) is 6.61 Å². The topological polar surface area (TPSA) is 41.1 Å². The lowest BCUT2D eigenvalue weighted by molar-refractivity contribution is 0.0693. The number of hydrogen-bond donors (Lipinski definition) is 1. The third-order valence-electron chi connectivity index (χ3n) is 3.18. The van der Waals surface area contributed by atoms with Crippen LogP contribution < -0.4 is 0 Å². The van der Waals surface area contributed by atoms with Gasteiger partial charge in [-0.1, -0.05) is 23.7 Å². The molecule has 0 bridgehead atoms. The molecule has 5 heteroatoms. The van der Waals surface area contributed by atoms with Gasteiger partial charge in [0.15, 0.2) is 0 Å². The second-order valence-electron chi connectivity index (χ2n) is 5.41. The van der Waals surface area contributed by atoms with Gasteiger partial charge in [0.05, 0.1) is 0 Å². The molecule has 0 spiro atoms. The number of rotatable bonds is 7. The summed E-state index contributed by atoms with van der Waals surface area (Å²) in [6, 6.07) is 7.72. The number of ether oxygens (including phenoxy) is 1. The first-order valence-corrected chi connectivity index (χ1v) is 7.47. The van der Waals surface area contributed by atoms with Crippen LogP contribution in [0.5, 0.6) is 0 Å². The van der Waals surface area contributed by atoms with Gasteiger partial charge in [-0.2, -0.15) is 0 Å². The van der Waals surface area contributed by atoms with E-state index in [1.807, 2.05) is 37.4 Å². The summed E-state index contributed by atoms with van der Waals surface area (Å²) in [5.41, 5.74) is 2.08. The summed E-state index contributed by atoms with van der Waals surface area (Å²) in [6.07, 6.45) is 2.62. The van der Waals surface area contributed by atoms with Crippen molar-refractivity contribution in [2.45, 2.75) is 19.4 Å². The summed E-state index contributed by atoms with van der Waals surface area (Å²) in [6.45, 7) is 3.68. The second kappa shape index (κ2) is 7.59. The Bertz CT molecular complexity index is 551. The van der Waals surface area contributed by atoms with Crippen molar-refractivity contribution in [1.82, 2.24) is 14.9 Å². The highest BCUT2D eigenvalue weighted by Crippen LogP contribution is 2.25. The summed E-state index contributed by atoms with van der Waals surface area (Å²) in [4.78, 5) is 9.81. The predicted molar refractivity (Wildman–Crippen MR) is 85.7 cm³/mol. The van der Waals surface area contributed by atoms with E-state index < -0.39 is 0 Å². The SMILES string of the molecule is Cc1cnc(C(OCCCN(C)C)c2ccc(Cl)cc2)[nH]1. The maximum Gasteiger partial charge on any atom is 0.140 e. The molecule has 0 radical (unpaired) electrons. The molecule has 0 aliphatic heterocycles. The zero-order valence-corrected chi connectivity index (χ0v) is 13.5. The molecule has 1 unspecified atom stereocenters. The van der Waals surface area contributed by atoms with Crippen LogP contribution in [-0.2, 0) is 4.74 Å². The summed E-state index contributed by atoms with van der Waals surface area (Å²) < 4.78 is 6.05. The lowest BCUT2D eigenvalue weighted by atomic mass is 10.1. The molecule has 1 heterocycles. The molecule has 4 nitrogen and oxygen atoms in total. The zero-order chi connectivity index (χ0) is 15.2. The van der Waals surface area contributed by atoms with E-state index in [1.54, 1.807) is 0 Å². The van der Waals surface area contributed by atoms with Gasteiger partial charge in [-0.15, -0.1) is 0 Å². The number of halogens is 1. The standard InChI is InChI=1S/C16H22ClN3O/c1-12-11-18-16(19-12)15(21-10-4-9-20(2)3)13-5-7-14(17)8-6-13/h5-8,11,15H,4,9-10H2,1-3H3,(H,18,19). The number of aromatic nitrogens is 2. The smallest absolute Gasteiger partial charge is 0.140 e. The van der Waals surface area contributed by atoms with E-state index in [9.17, 15) is 0 Å². The quantitative estimate of drug-likeness (QED) is 0.797. The largest absolute Gasteiger partial charge is 0.365 e. The predicted octanol–water partition coefficient (Wildman–Crippen LogP) is 3.43. The molecular weight excluding hydrogens is 286 g/mol. The van der Waals surface area contributed by atoms with Crippen LogP contribution in [0.2, 0.25) is 5.02 Å². The molecule has 1 N–H and O–H groups in total. The fraction of sp³-hybridized carbons (Fsp3) is 0.438. The molecule has 114 valence electrons. The number of aromatic amines is 1. The normalized spacial score (nSPS) is 12.8. The van der Waals surface area contributed by atoms with Crippen LogP contribution in [0.25, 0.3) is 0 Å². The van der Waals surface area contributed by atoms with Crippen molar-refractivity contribution in [1.29, 1.82) is 0 Å². The lowest BCUT2D eigenvalue weighted by Gasteiger charge is -2.17. The fourth-order valence-corrected chi connectivity index (χ4v) is 2.24. The molecule has 0 aliphatic rings. The summed E-state index contributed by atoms with van der Waals surface area (Å²) in [5, 5.41) is 0.723. The van der Waals surface area contributed by atoms with Crippen molar-refractivity contribution in [3.63, 3.8) is 0 Å². The van der Waals surface area contributed by atoms with Crippen molar-refractivity contribution in [3.05, 3.63) is 52.6 Å². The van der Waals surface area contributed by atoms with Crippen molar-refractivity contribution >= 4 is 11.6 Å². The van der Waals surface area contributed by atoms with Gasteiger partial charge < -0.3 is 14.6 Å². The molecular formula is C16H22ClN3O. The van der Waals surface area contributed by atoms with Gasteiger partial charge in [-0.25, -0.2) is 4.98 Å². The maximum atomic E-state index is 6.05. The highest BCUT2D eigenvalue weighted by molar-refractivity contribution is 6.30. The number of hydrogen-bond acceptors (Lipinski definition) is 3. The van der Waals surface area contributed by atoms with Crippen molar-refractivity contribution in [2.75, 3.05) is 27.2 Å². The van der Waals surface area contributed by atoms with Crippen LogP contribution >= 0.6 is 11.6 Å². The number of H-pyrrole nitrogens is 1. The first-order chi connectivity index (χ1) is 10.1. The van der Waals surface area contributed by atoms with Crippen molar-refractivity contribution in [2.24, 2.45) is 0 Å². The summed E-state index contributed by atoms with van der Waals surface area (Å²) >= 11 is 5.96. The van der Waals surface area contributed by atoms with Crippen molar-refractivity contribution in [3.8, 4) is 0 Å². The van der Waals surface area contributed by atoms with Gasteiger partial charge >= 0.3 is 0 Å². The third kappa shape index (κ3) is 4.84. The monoisotopic (exact) mass is 307 g/mol. The number of aryl methyl sites for hydroxylation is 1. The molecule has 1 atom stereocenters. The van der Waals surface area contributed by atoms with Gasteiger partial charge in [-0.05, 0) is 51.7 Å². The average molecular weight is 308 g/mol. The molecule has 0 saturated carbocycles. The van der Waals surface area contributed by atoms with E-state index in [0.717, 1.165) is 35.1 Å². The molecule has 2 aromatic rings. The molecule has 0 aliphatic carbocycles. The van der Waals surface area contributed by atoms with Crippen LogP contribution in [0.4, 0.5) is 0 Å². The van der Waals surface area contributed by atoms with E-state index in [-0.39, 0.29) is 6.10 Å². The molecule has 0 fully saturated rings. The Morgan fingerprint density at radius 1 is 1.29 bits per heavy atom. The van der Waals surface area contributed by atoms with Crippen LogP contribution in [0.3, 0.4) is 0 Å². The number of nitrogens with zero attached hydrogens (tertiary/aromatic N) is 2. The van der Waals surface area contributed by atoms with E-state index in [1.165, 1.54) is 0 Å². The molecule has 0 saturated heterocycles. The number of benzene rings is 1. The molecule has 21 heavy (non-hydrogen) atoms. The average Bonchev–Trinajstić information content (AvgIpc) is 2.86. The summed E-state index contributed by atoms with van der Waals surface area (Å²) in [5.74, 6) is 0.833. The van der Waals surface area contributed by atoms with Crippen LogP contribution in [-0.4, -0.2) is 42.1 Å². The number of imidazole rings is 1. The Morgan fingerprint density at radius 3 is 2.57 bits per heavy atom. The Labute approximate surface area is 131 Å². The Balaban J connectivity index is 2.09. The minimum absolute atomic E-state index is 0.182. The first-order valence-electron chi connectivity index (χ1n) is 7.09. The minimum Gasteiger partial charge on any atom is -0.365 e. The molecule has 1 aromatic carbocycles. The van der Waals surface area contributed by atoms with Crippen molar-refractivity contribution < 1.29 is 4.74 Å². The molecule has 1 aromatic heterocycles. The summed E-state index contributed by atoms with van der Waals surface area (Å²) in [7, 11) is 4.12. The number of nitrogens with one attached hydrogen (secondary N) is 1. The van der Waals surface area contributed by atoms with Gasteiger partial charge in [0.2, 0.25) is 0 Å². The highest BCUT2D eigenvalue weighted by atomic mass is 35.5. The minimum atomic E-state index is -0.182. The molecule has 0 amide bonds. The Kier molecular flexibility index (Phi) is 5.79.